The molecule has 148 valence electrons. The van der Waals surface area contributed by atoms with Crippen LogP contribution in [0.1, 0.15) is 5.01 Å². The fourth-order valence-electron chi connectivity index (χ4n) is 2.98. The number of hydrogen-bond donors (Lipinski definition) is 3. The molecule has 0 aliphatic carbocycles. The molecule has 0 radical (unpaired) electrons. The number of rotatable bonds is 4. The summed E-state index contributed by atoms with van der Waals surface area (Å²) in [5.41, 5.74) is 2.53. The van der Waals surface area contributed by atoms with E-state index in [2.05, 4.69) is 4.98 Å². The summed E-state index contributed by atoms with van der Waals surface area (Å²) in [4.78, 5) is 6.12. The van der Waals surface area contributed by atoms with Gasteiger partial charge in [0, 0.05) is 21.7 Å². The summed E-state index contributed by atoms with van der Waals surface area (Å²) in [6.45, 7) is 0.0960. The minimum Gasteiger partial charge on any atom is -0.510 e. The Morgan fingerprint density at radius 3 is 2.41 bits per heavy atom. The Morgan fingerprint density at radius 2 is 1.79 bits per heavy atom. The normalized spacial score (nSPS) is 14.7. The van der Waals surface area contributed by atoms with Gasteiger partial charge in [0.1, 0.15) is 16.6 Å². The molecule has 0 spiro atoms. The van der Waals surface area contributed by atoms with Crippen LogP contribution in [0.2, 0.25) is 5.02 Å². The lowest BCUT2D eigenvalue weighted by molar-refractivity contribution is 0.411. The lowest BCUT2D eigenvalue weighted by atomic mass is 10.2. The molecule has 1 aliphatic rings. The Morgan fingerprint density at radius 1 is 1.14 bits per heavy atom. The first-order valence-corrected chi connectivity index (χ1v) is 11.2. The molecule has 29 heavy (non-hydrogen) atoms. The smallest absolute Gasteiger partial charge is 0.238 e. The van der Waals surface area contributed by atoms with E-state index < -0.39 is 10.0 Å². The molecule has 1 aliphatic heterocycles. The minimum absolute atomic E-state index is 0.0167. The van der Waals surface area contributed by atoms with E-state index in [9.17, 15) is 13.5 Å². The first-order valence-electron chi connectivity index (χ1n) is 8.37. The Balaban J connectivity index is 1.61. The van der Waals surface area contributed by atoms with Gasteiger partial charge in [0.25, 0.3) is 0 Å². The highest BCUT2D eigenvalue weighted by Crippen LogP contribution is 2.34. The molecule has 2 aromatic carbocycles. The van der Waals surface area contributed by atoms with Gasteiger partial charge in [0.05, 0.1) is 22.7 Å². The van der Waals surface area contributed by atoms with Gasteiger partial charge in [0.2, 0.25) is 10.0 Å². The zero-order valence-electron chi connectivity index (χ0n) is 14.8. The Kier molecular flexibility index (Phi) is 4.91. The van der Waals surface area contributed by atoms with E-state index in [1.54, 1.807) is 29.2 Å². The fraction of sp³-hybridized carbons (Fsp3) is 0.0526. The zero-order chi connectivity index (χ0) is 20.8. The molecule has 0 fully saturated rings. The lowest BCUT2D eigenvalue weighted by Gasteiger charge is -2.18. The third-order valence-electron chi connectivity index (χ3n) is 4.44. The molecule has 0 unspecified atom stereocenters. The first kappa shape index (κ1) is 19.6. The molecule has 7 nitrogen and oxygen atoms in total. The van der Waals surface area contributed by atoms with Crippen LogP contribution in [-0.2, 0) is 10.0 Å². The third kappa shape index (κ3) is 3.77. The first-order chi connectivity index (χ1) is 13.7. The van der Waals surface area contributed by atoms with Gasteiger partial charge in [-0.3, -0.25) is 5.41 Å². The second-order valence-electron chi connectivity index (χ2n) is 6.34. The second kappa shape index (κ2) is 7.27. The average molecular weight is 447 g/mol. The van der Waals surface area contributed by atoms with E-state index in [4.69, 9.17) is 22.1 Å². The molecule has 0 atom stereocenters. The number of nitrogens with two attached hydrogens (primary N) is 1. The molecule has 4 N–H and O–H groups in total. The van der Waals surface area contributed by atoms with E-state index in [1.165, 1.54) is 23.5 Å². The highest BCUT2D eigenvalue weighted by atomic mass is 35.5. The predicted octanol–water partition coefficient (Wildman–Crippen LogP) is 3.88. The minimum atomic E-state index is -3.80. The van der Waals surface area contributed by atoms with E-state index in [-0.39, 0.29) is 23.0 Å². The zero-order valence-corrected chi connectivity index (χ0v) is 17.2. The molecular formula is C19H15ClN4O3S2. The van der Waals surface area contributed by atoms with Crippen molar-refractivity contribution in [3.63, 3.8) is 0 Å². The second-order valence-corrected chi connectivity index (χ2v) is 9.20. The maximum atomic E-state index is 11.4. The highest BCUT2D eigenvalue weighted by Gasteiger charge is 2.31. The molecule has 4 rings (SSSR count). The van der Waals surface area contributed by atoms with Crippen LogP contribution in [0.4, 0.5) is 5.69 Å². The molecule has 0 saturated carbocycles. The molecule has 2 heterocycles. The number of benzene rings is 2. The fourth-order valence-corrected chi connectivity index (χ4v) is 4.52. The monoisotopic (exact) mass is 446 g/mol. The van der Waals surface area contributed by atoms with Crippen LogP contribution >= 0.6 is 22.9 Å². The van der Waals surface area contributed by atoms with E-state index in [1.807, 2.05) is 17.5 Å². The van der Waals surface area contributed by atoms with E-state index >= 15 is 0 Å². The number of aliphatic hydroxyl groups is 1. The van der Waals surface area contributed by atoms with Crippen LogP contribution in [0.5, 0.6) is 0 Å². The quantitative estimate of drug-likeness (QED) is 0.561. The number of primary sulfonamides is 1. The van der Waals surface area contributed by atoms with Gasteiger partial charge in [-0.05, 0) is 36.4 Å². The summed E-state index contributed by atoms with van der Waals surface area (Å²) in [6.07, 6.45) is 0. The Bertz CT molecular complexity index is 1230. The van der Waals surface area contributed by atoms with Crippen LogP contribution in [-0.4, -0.2) is 30.9 Å². The SMILES string of the molecule is N=C1C(c2nc(-c3ccc(Cl)cc3)cs2)=C(O)CN1c1ccc(S(N)(=O)=O)cc1. The van der Waals surface area contributed by atoms with Crippen molar-refractivity contribution in [3.05, 3.63) is 69.7 Å². The van der Waals surface area contributed by atoms with Crippen LogP contribution in [0.3, 0.4) is 0 Å². The van der Waals surface area contributed by atoms with Gasteiger partial charge in [-0.25, -0.2) is 18.5 Å². The molecule has 3 aromatic rings. The molecule has 0 saturated heterocycles. The van der Waals surface area contributed by atoms with Gasteiger partial charge >= 0.3 is 0 Å². The van der Waals surface area contributed by atoms with Crippen molar-refractivity contribution in [2.75, 3.05) is 11.4 Å². The molecule has 0 amide bonds. The number of amidine groups is 1. The number of nitrogens with zero attached hydrogens (tertiary/aromatic N) is 2. The molecule has 10 heteroatoms. The molecular weight excluding hydrogens is 432 g/mol. The topological polar surface area (TPSA) is 120 Å². The van der Waals surface area contributed by atoms with Crippen LogP contribution < -0.4 is 10.0 Å². The lowest BCUT2D eigenvalue weighted by Crippen LogP contribution is -2.26. The van der Waals surface area contributed by atoms with Gasteiger partial charge < -0.3 is 10.0 Å². The van der Waals surface area contributed by atoms with E-state index in [0.29, 0.717) is 21.3 Å². The standard InChI is InChI=1S/C19H15ClN4O3S2/c20-12-3-1-11(2-4-12)15-10-28-19(23-15)17-16(25)9-24(18(17)21)13-5-7-14(8-6-13)29(22,26)27/h1-8,10,21,25H,9H2,(H2,22,26,27). The Hall–Kier alpha value is -2.72. The maximum absolute atomic E-state index is 11.4. The Labute approximate surface area is 176 Å². The number of sulfonamides is 1. The van der Waals surface area contributed by atoms with E-state index in [0.717, 1.165) is 11.3 Å². The van der Waals surface area contributed by atoms with Crippen molar-refractivity contribution in [1.29, 1.82) is 5.41 Å². The van der Waals surface area contributed by atoms with Gasteiger partial charge in [-0.15, -0.1) is 11.3 Å². The van der Waals surface area contributed by atoms with Crippen molar-refractivity contribution >= 4 is 50.1 Å². The third-order valence-corrected chi connectivity index (χ3v) is 6.48. The summed E-state index contributed by atoms with van der Waals surface area (Å²) < 4.78 is 22.8. The number of nitrogens with one attached hydrogen (secondary N) is 1. The van der Waals surface area contributed by atoms with Crippen molar-refractivity contribution in [1.82, 2.24) is 4.98 Å². The van der Waals surface area contributed by atoms with Gasteiger partial charge in [0.15, 0.2) is 0 Å². The van der Waals surface area contributed by atoms with Gasteiger partial charge in [-0.2, -0.15) is 0 Å². The number of aromatic nitrogens is 1. The summed E-state index contributed by atoms with van der Waals surface area (Å²) in [5, 5.41) is 27.1. The number of thiazole rings is 1. The summed E-state index contributed by atoms with van der Waals surface area (Å²) in [6, 6.07) is 13.1. The van der Waals surface area contributed by atoms with Crippen LogP contribution in [0.25, 0.3) is 16.8 Å². The largest absolute Gasteiger partial charge is 0.510 e. The number of anilines is 1. The van der Waals surface area contributed by atoms with Crippen molar-refractivity contribution in [2.45, 2.75) is 4.90 Å². The molecule has 0 bridgehead atoms. The number of hydrogen-bond acceptors (Lipinski definition) is 6. The summed E-state index contributed by atoms with van der Waals surface area (Å²) in [7, 11) is -3.80. The van der Waals surface area contributed by atoms with Crippen LogP contribution in [0, 0.1) is 5.41 Å². The van der Waals surface area contributed by atoms with Crippen molar-refractivity contribution in [3.8, 4) is 11.3 Å². The maximum Gasteiger partial charge on any atom is 0.238 e. The number of aliphatic hydroxyl groups excluding tert-OH is 1. The predicted molar refractivity (Wildman–Crippen MR) is 115 cm³/mol. The highest BCUT2D eigenvalue weighted by molar-refractivity contribution is 7.89. The summed E-state index contributed by atoms with van der Waals surface area (Å²) in [5.74, 6) is 0.116. The van der Waals surface area contributed by atoms with Crippen molar-refractivity contribution in [2.24, 2.45) is 5.14 Å². The van der Waals surface area contributed by atoms with Crippen LogP contribution in [0.15, 0.2) is 64.6 Å². The average Bonchev–Trinajstić information content (AvgIpc) is 3.26. The van der Waals surface area contributed by atoms with Crippen molar-refractivity contribution < 1.29 is 13.5 Å². The summed E-state index contributed by atoms with van der Waals surface area (Å²) >= 11 is 7.25. The van der Waals surface area contributed by atoms with Gasteiger partial charge in [-0.1, -0.05) is 23.7 Å². The molecule has 1 aromatic heterocycles. The number of halogens is 1.